The average molecular weight is 524 g/mol. The van der Waals surface area contributed by atoms with Crippen molar-refractivity contribution in [2.24, 2.45) is 11.8 Å². The van der Waals surface area contributed by atoms with Crippen LogP contribution in [0, 0.1) is 17.2 Å². The molecule has 3 rings (SSSR count). The number of rotatable bonds is 7. The van der Waals surface area contributed by atoms with Crippen molar-refractivity contribution in [1.82, 2.24) is 0 Å². The van der Waals surface area contributed by atoms with Crippen molar-refractivity contribution in [2.45, 2.75) is 42.1 Å². The molecule has 1 heterocycles. The number of aryl methyl sites for hydroxylation is 1. The van der Waals surface area contributed by atoms with Crippen LogP contribution in [0.5, 0.6) is 0 Å². The maximum atomic E-state index is 10.4. The number of alkyl halides is 1. The van der Waals surface area contributed by atoms with Gasteiger partial charge in [0.05, 0.1) is 6.10 Å². The van der Waals surface area contributed by atoms with Gasteiger partial charge in [0.2, 0.25) is 0 Å². The zero-order valence-electron chi connectivity index (χ0n) is 14.2. The zero-order valence-corrected chi connectivity index (χ0v) is 20.9. The molecule has 0 amide bonds. The fourth-order valence-corrected chi connectivity index (χ4v) is 6.58. The molecule has 1 fully saturated rings. The molecule has 1 nitrogen and oxygen atoms in total. The quantitative estimate of drug-likeness (QED) is 0.252. The van der Waals surface area contributed by atoms with Gasteiger partial charge >= 0.3 is 0 Å². The van der Waals surface area contributed by atoms with E-state index >= 15 is 0 Å². The van der Waals surface area contributed by atoms with Gasteiger partial charge in [-0.3, -0.25) is 0 Å². The van der Waals surface area contributed by atoms with Gasteiger partial charge in [-0.25, -0.2) is 6.07 Å². The molecule has 4 atom stereocenters. The van der Waals surface area contributed by atoms with Gasteiger partial charge in [0.15, 0.2) is 0 Å². The smallest absolute Gasteiger partial charge is 0.0593 e. The molecular weight excluding hydrogens is 504 g/mol. The summed E-state index contributed by atoms with van der Waals surface area (Å²) < 4.78 is 0. The molecule has 1 N–H and O–H groups in total. The van der Waals surface area contributed by atoms with Crippen molar-refractivity contribution in [3.8, 4) is 0 Å². The van der Waals surface area contributed by atoms with E-state index in [2.05, 4.69) is 11.4 Å². The number of halogens is 3. The Morgan fingerprint density at radius 1 is 1.19 bits per heavy atom. The molecule has 1 aromatic carbocycles. The van der Waals surface area contributed by atoms with Gasteiger partial charge in [0.25, 0.3) is 0 Å². The first kappa shape index (κ1) is 23.5. The van der Waals surface area contributed by atoms with Gasteiger partial charge in [-0.15, -0.1) is 33.6 Å². The molecule has 139 valence electrons. The first-order valence-corrected chi connectivity index (χ1v) is 11.4. The summed E-state index contributed by atoms with van der Waals surface area (Å²) >= 11 is 22.1. The van der Waals surface area contributed by atoms with E-state index in [1.54, 1.807) is 29.2 Å². The van der Waals surface area contributed by atoms with Crippen LogP contribution in [0.1, 0.15) is 24.1 Å². The second-order valence-corrected chi connectivity index (χ2v) is 9.97. The second kappa shape index (κ2) is 11.4. The molecule has 1 aliphatic rings. The average Bonchev–Trinajstić information content (AvgIpc) is 3.14. The summed E-state index contributed by atoms with van der Waals surface area (Å²) in [6.07, 6.45) is 3.56. The third kappa shape index (κ3) is 6.63. The predicted octanol–water partition coefficient (Wildman–Crippen LogP) is 6.57. The van der Waals surface area contributed by atoms with Crippen LogP contribution in [0.25, 0.3) is 0 Å². The summed E-state index contributed by atoms with van der Waals surface area (Å²) in [6.45, 7) is 0. The molecular formula is C19H20Cl3OS2Y-. The number of thioether (sulfide) groups is 1. The van der Waals surface area contributed by atoms with E-state index < -0.39 is 0 Å². The van der Waals surface area contributed by atoms with Crippen molar-refractivity contribution >= 4 is 57.9 Å². The summed E-state index contributed by atoms with van der Waals surface area (Å²) in [5, 5.41) is 14.9. The van der Waals surface area contributed by atoms with Gasteiger partial charge in [-0.1, -0.05) is 36.0 Å². The Hall–Kier alpha value is 1.20. The Kier molecular flexibility index (Phi) is 10.3. The first-order valence-electron chi connectivity index (χ1n) is 8.38. The third-order valence-corrected chi connectivity index (χ3v) is 7.66. The third-order valence-electron chi connectivity index (χ3n) is 4.74. The largest absolute Gasteiger partial charge is 0.393 e. The van der Waals surface area contributed by atoms with Crippen LogP contribution in [0.2, 0.25) is 10.0 Å². The van der Waals surface area contributed by atoms with E-state index in [0.29, 0.717) is 22.4 Å². The van der Waals surface area contributed by atoms with Crippen molar-refractivity contribution in [3.63, 3.8) is 0 Å². The standard InChI is InChI=1S/C19H20Cl3OS2.Y/c20-12-7-13(21)9-15(8-12)25-11-17-16(18(22)10-19(17)23)5-1-3-14-4-2-6-24-14;/h2,4,7-9,16-19,23H,1,3,5,10-11H2;/q-1;/t16-,17-,18-,19-;/m1./s1. The number of hydrogen-bond acceptors (Lipinski definition) is 3. The summed E-state index contributed by atoms with van der Waals surface area (Å²) in [7, 11) is 0. The monoisotopic (exact) mass is 522 g/mol. The van der Waals surface area contributed by atoms with Crippen molar-refractivity contribution in [2.75, 3.05) is 5.75 Å². The molecule has 0 aliphatic heterocycles. The minimum Gasteiger partial charge on any atom is -0.393 e. The number of thiophene rings is 1. The topological polar surface area (TPSA) is 20.2 Å². The van der Waals surface area contributed by atoms with Gasteiger partial charge in [-0.05, 0) is 42.9 Å². The van der Waals surface area contributed by atoms with E-state index in [1.165, 1.54) is 4.88 Å². The molecule has 0 spiro atoms. The SMILES string of the molecule is O[C@@H]1C[C@@H](Cl)[C@H](CCCc2cc[c-]s2)[C@H]1CSc1cc(Cl)cc(Cl)c1.[Y]. The number of hydrogen-bond donors (Lipinski definition) is 1. The van der Waals surface area contributed by atoms with Crippen molar-refractivity contribution in [1.29, 1.82) is 0 Å². The maximum Gasteiger partial charge on any atom is 0.0593 e. The molecule has 7 heteroatoms. The Labute approximate surface area is 204 Å². The number of benzene rings is 1. The van der Waals surface area contributed by atoms with Crippen molar-refractivity contribution in [3.05, 3.63) is 50.6 Å². The van der Waals surface area contributed by atoms with Gasteiger partial charge in [0, 0.05) is 58.8 Å². The molecule has 1 aliphatic carbocycles. The van der Waals surface area contributed by atoms with Gasteiger partial charge in [0.1, 0.15) is 0 Å². The van der Waals surface area contributed by atoms with Crippen LogP contribution in [0.15, 0.2) is 35.2 Å². The fourth-order valence-electron chi connectivity index (χ4n) is 3.48. The molecule has 0 unspecified atom stereocenters. The summed E-state index contributed by atoms with van der Waals surface area (Å²) in [5.41, 5.74) is 0. The minimum atomic E-state index is -0.329. The summed E-state index contributed by atoms with van der Waals surface area (Å²) in [5.74, 6) is 1.39. The Morgan fingerprint density at radius 2 is 1.92 bits per heavy atom. The van der Waals surface area contributed by atoms with E-state index in [4.69, 9.17) is 34.8 Å². The molecule has 0 bridgehead atoms. The molecule has 1 radical (unpaired) electrons. The number of aliphatic hydroxyl groups is 1. The second-order valence-electron chi connectivity index (χ2n) is 6.47. The Balaban J connectivity index is 0.00000243. The zero-order chi connectivity index (χ0) is 17.8. The van der Waals surface area contributed by atoms with Crippen LogP contribution < -0.4 is 0 Å². The van der Waals surface area contributed by atoms with E-state index in [-0.39, 0.29) is 50.1 Å². The van der Waals surface area contributed by atoms with Crippen LogP contribution in [-0.2, 0) is 39.1 Å². The molecule has 1 saturated carbocycles. The summed E-state index contributed by atoms with van der Waals surface area (Å²) in [6, 6.07) is 9.67. The molecule has 2 aromatic rings. The van der Waals surface area contributed by atoms with Crippen molar-refractivity contribution < 1.29 is 37.8 Å². The van der Waals surface area contributed by atoms with E-state index in [9.17, 15) is 5.11 Å². The van der Waals surface area contributed by atoms with Crippen LogP contribution in [-0.4, -0.2) is 22.3 Å². The Bertz CT molecular complexity index is 663. The van der Waals surface area contributed by atoms with Crippen LogP contribution in [0.4, 0.5) is 0 Å². The van der Waals surface area contributed by atoms with Gasteiger partial charge < -0.3 is 16.4 Å². The fraction of sp³-hybridized carbons (Fsp3) is 0.474. The molecule has 26 heavy (non-hydrogen) atoms. The van der Waals surface area contributed by atoms with Crippen LogP contribution >= 0.6 is 57.9 Å². The first-order chi connectivity index (χ1) is 12.0. The molecule has 0 saturated heterocycles. The number of aliphatic hydroxyl groups excluding tert-OH is 1. The molecule has 1 aromatic heterocycles. The summed E-state index contributed by atoms with van der Waals surface area (Å²) in [4.78, 5) is 2.40. The van der Waals surface area contributed by atoms with Gasteiger partial charge in [-0.2, -0.15) is 6.07 Å². The Morgan fingerprint density at radius 3 is 2.58 bits per heavy atom. The van der Waals surface area contributed by atoms with Crippen LogP contribution in [0.3, 0.4) is 0 Å². The normalized spacial score (nSPS) is 25.2. The predicted molar refractivity (Wildman–Crippen MR) is 111 cm³/mol. The maximum absolute atomic E-state index is 10.4. The van der Waals surface area contributed by atoms with E-state index in [1.807, 2.05) is 18.2 Å². The minimum absolute atomic E-state index is 0. The van der Waals surface area contributed by atoms with E-state index in [0.717, 1.165) is 29.9 Å².